The van der Waals surface area contributed by atoms with E-state index in [1.165, 1.54) is 0 Å². The molecule has 0 bridgehead atoms. The number of hydrogen-bond donors (Lipinski definition) is 0. The maximum atomic E-state index is 10.7. The minimum atomic E-state index is -0.213. The van der Waals surface area contributed by atoms with Crippen molar-refractivity contribution < 1.29 is 9.53 Å². The summed E-state index contributed by atoms with van der Waals surface area (Å²) in [5.41, 5.74) is 1.09. The van der Waals surface area contributed by atoms with E-state index in [-0.39, 0.29) is 11.3 Å². The van der Waals surface area contributed by atoms with Crippen molar-refractivity contribution in [2.24, 2.45) is 0 Å². The van der Waals surface area contributed by atoms with Gasteiger partial charge in [0.05, 0.1) is 0 Å². The highest BCUT2D eigenvalue weighted by Crippen LogP contribution is 2.09. The maximum Gasteiger partial charge on any atom is 0.316 e. The minimum Gasteiger partial charge on any atom is -0.460 e. The van der Waals surface area contributed by atoms with Gasteiger partial charge in [-0.05, 0) is 18.4 Å². The molecule has 0 aliphatic heterocycles. The minimum absolute atomic E-state index is 0.213. The molecule has 0 fully saturated rings. The molecular weight excluding hydrogens is 220 g/mol. The van der Waals surface area contributed by atoms with Gasteiger partial charge in [-0.1, -0.05) is 34.2 Å². The number of carbonyl (C=O) groups is 1. The molecule has 3 heteroatoms. The van der Waals surface area contributed by atoms with E-state index in [9.17, 15) is 4.79 Å². The fraction of sp³-hybridized carbons (Fsp3) is 0.444. The van der Waals surface area contributed by atoms with Gasteiger partial charge in [0.1, 0.15) is 11.9 Å². The van der Waals surface area contributed by atoms with Crippen molar-refractivity contribution in [3.05, 3.63) is 23.8 Å². The van der Waals surface area contributed by atoms with Crippen LogP contribution in [0.25, 0.3) is 0 Å². The largest absolute Gasteiger partial charge is 0.460 e. The van der Waals surface area contributed by atoms with Crippen LogP contribution in [0.5, 0.6) is 0 Å². The molecule has 0 atom stereocenters. The molecule has 66 valence electrons. The van der Waals surface area contributed by atoms with Gasteiger partial charge in [0.2, 0.25) is 0 Å². The van der Waals surface area contributed by atoms with Crippen molar-refractivity contribution in [2.75, 3.05) is 11.9 Å². The molecule has 0 amide bonds. The molecule has 0 heterocycles. The summed E-state index contributed by atoms with van der Waals surface area (Å²) < 4.78 is 4.93. The quantitative estimate of drug-likeness (QED) is 0.549. The van der Waals surface area contributed by atoms with Crippen LogP contribution in [0.1, 0.15) is 12.8 Å². The molecular formula is C9H11BrO2. The monoisotopic (exact) mass is 230 g/mol. The van der Waals surface area contributed by atoms with Gasteiger partial charge in [-0.2, -0.15) is 0 Å². The van der Waals surface area contributed by atoms with Gasteiger partial charge >= 0.3 is 5.97 Å². The molecule has 0 aromatic carbocycles. The topological polar surface area (TPSA) is 26.3 Å². The predicted octanol–water partition coefficient (Wildman–Crippen LogP) is 2.20. The second-order valence-corrected chi connectivity index (χ2v) is 3.11. The summed E-state index contributed by atoms with van der Waals surface area (Å²) in [7, 11) is 0. The Hall–Kier alpha value is -0.570. The van der Waals surface area contributed by atoms with Crippen LogP contribution in [-0.4, -0.2) is 17.9 Å². The Kier molecular flexibility index (Phi) is 4.08. The van der Waals surface area contributed by atoms with Gasteiger partial charge < -0.3 is 4.74 Å². The van der Waals surface area contributed by atoms with Crippen molar-refractivity contribution in [3.63, 3.8) is 0 Å². The highest BCUT2D eigenvalue weighted by atomic mass is 79.9. The Morgan fingerprint density at radius 2 is 2.42 bits per heavy atom. The summed E-state index contributed by atoms with van der Waals surface area (Å²) in [4.78, 5) is 10.7. The van der Waals surface area contributed by atoms with Crippen LogP contribution in [0, 0.1) is 0 Å². The second-order valence-electron chi connectivity index (χ2n) is 2.55. The van der Waals surface area contributed by atoms with E-state index in [0.717, 1.165) is 18.4 Å². The third-order valence-electron chi connectivity index (χ3n) is 1.58. The molecule has 0 unspecified atom stereocenters. The van der Waals surface area contributed by atoms with Crippen molar-refractivity contribution in [2.45, 2.75) is 12.8 Å². The molecule has 1 rings (SSSR count). The van der Waals surface area contributed by atoms with Gasteiger partial charge in [0, 0.05) is 0 Å². The standard InChI is InChI=1S/C9H11BrO2/c10-6-9(11)12-7-8-4-2-1-3-5-8/h2,4-5H,1,3,6-7H2. The Morgan fingerprint density at radius 1 is 1.58 bits per heavy atom. The van der Waals surface area contributed by atoms with Crippen LogP contribution in [0.15, 0.2) is 23.8 Å². The molecule has 0 aromatic heterocycles. The summed E-state index contributed by atoms with van der Waals surface area (Å²) in [5.74, 6) is -0.213. The van der Waals surface area contributed by atoms with E-state index in [4.69, 9.17) is 4.74 Å². The molecule has 0 saturated carbocycles. The highest BCUT2D eigenvalue weighted by Gasteiger charge is 2.01. The van der Waals surface area contributed by atoms with Gasteiger partial charge in [-0.3, -0.25) is 4.79 Å². The van der Waals surface area contributed by atoms with Gasteiger partial charge in [-0.15, -0.1) is 0 Å². The first kappa shape index (κ1) is 9.52. The lowest BCUT2D eigenvalue weighted by molar-refractivity contribution is -0.139. The smallest absolute Gasteiger partial charge is 0.316 e. The first-order valence-electron chi connectivity index (χ1n) is 3.90. The summed E-state index contributed by atoms with van der Waals surface area (Å²) in [6, 6.07) is 0. The van der Waals surface area contributed by atoms with E-state index < -0.39 is 0 Å². The molecule has 1 aliphatic carbocycles. The van der Waals surface area contributed by atoms with Crippen LogP contribution in [0.4, 0.5) is 0 Å². The van der Waals surface area contributed by atoms with Crippen LogP contribution >= 0.6 is 15.9 Å². The van der Waals surface area contributed by atoms with E-state index in [2.05, 4.69) is 28.1 Å². The predicted molar refractivity (Wildman–Crippen MR) is 51.2 cm³/mol. The molecule has 2 nitrogen and oxygen atoms in total. The number of esters is 1. The number of carbonyl (C=O) groups excluding carboxylic acids is 1. The number of rotatable bonds is 3. The Morgan fingerprint density at radius 3 is 3.00 bits per heavy atom. The van der Waals surface area contributed by atoms with E-state index in [0.29, 0.717) is 6.61 Å². The third kappa shape index (κ3) is 3.22. The van der Waals surface area contributed by atoms with E-state index >= 15 is 0 Å². The van der Waals surface area contributed by atoms with E-state index in [1.54, 1.807) is 0 Å². The van der Waals surface area contributed by atoms with Crippen LogP contribution in [0.2, 0.25) is 0 Å². The summed E-state index contributed by atoms with van der Waals surface area (Å²) in [5, 5.41) is 0.268. The van der Waals surface area contributed by atoms with Crippen LogP contribution in [0.3, 0.4) is 0 Å². The zero-order valence-electron chi connectivity index (χ0n) is 6.75. The normalized spacial score (nSPS) is 15.6. The first-order chi connectivity index (χ1) is 5.83. The maximum absolute atomic E-state index is 10.7. The number of allylic oxidation sites excluding steroid dienone is 2. The van der Waals surface area contributed by atoms with Gasteiger partial charge in [-0.25, -0.2) is 0 Å². The molecule has 0 aromatic rings. The third-order valence-corrected chi connectivity index (χ3v) is 2.04. The van der Waals surface area contributed by atoms with Crippen molar-refractivity contribution in [1.29, 1.82) is 0 Å². The first-order valence-corrected chi connectivity index (χ1v) is 5.02. The lowest BCUT2D eigenvalue weighted by atomic mass is 10.1. The summed E-state index contributed by atoms with van der Waals surface area (Å²) >= 11 is 3.03. The second kappa shape index (κ2) is 5.14. The van der Waals surface area contributed by atoms with Gasteiger partial charge in [0.15, 0.2) is 0 Å². The molecule has 0 spiro atoms. The molecule has 1 aliphatic rings. The number of alkyl halides is 1. The van der Waals surface area contributed by atoms with Crippen LogP contribution < -0.4 is 0 Å². The zero-order chi connectivity index (χ0) is 8.81. The molecule has 0 radical (unpaired) electrons. The van der Waals surface area contributed by atoms with Crippen molar-refractivity contribution in [1.82, 2.24) is 0 Å². The highest BCUT2D eigenvalue weighted by molar-refractivity contribution is 9.09. The van der Waals surface area contributed by atoms with Gasteiger partial charge in [0.25, 0.3) is 0 Å². The lowest BCUT2D eigenvalue weighted by Crippen LogP contribution is -2.08. The van der Waals surface area contributed by atoms with E-state index in [1.807, 2.05) is 6.08 Å². The Bertz CT molecular complexity index is 219. The zero-order valence-corrected chi connectivity index (χ0v) is 8.34. The summed E-state index contributed by atoms with van der Waals surface area (Å²) in [6.45, 7) is 0.404. The van der Waals surface area contributed by atoms with Crippen molar-refractivity contribution >= 4 is 21.9 Å². The average Bonchev–Trinajstić information content (AvgIpc) is 2.16. The van der Waals surface area contributed by atoms with Crippen molar-refractivity contribution in [3.8, 4) is 0 Å². The molecule has 0 N–H and O–H groups in total. The Labute approximate surface area is 80.4 Å². The average molecular weight is 231 g/mol. The number of ether oxygens (including phenoxy) is 1. The molecule has 12 heavy (non-hydrogen) atoms. The fourth-order valence-electron chi connectivity index (χ4n) is 0.977. The fourth-order valence-corrected chi connectivity index (χ4v) is 1.14. The SMILES string of the molecule is O=C(CBr)OCC1=CCCC=C1. The van der Waals surface area contributed by atoms with Crippen LogP contribution in [-0.2, 0) is 9.53 Å². The number of halogens is 1. The molecule has 0 saturated heterocycles. The Balaban J connectivity index is 2.27. The number of hydrogen-bond acceptors (Lipinski definition) is 2. The lowest BCUT2D eigenvalue weighted by Gasteiger charge is -2.06. The summed E-state index contributed by atoms with van der Waals surface area (Å²) in [6.07, 6.45) is 8.34.